The van der Waals surface area contributed by atoms with Gasteiger partial charge in [0, 0.05) is 17.8 Å². The average Bonchev–Trinajstić information content (AvgIpc) is 2.97. The van der Waals surface area contributed by atoms with Gasteiger partial charge in [-0.05, 0) is 26.1 Å². The molecular weight excluding hydrogens is 260 g/mol. The zero-order chi connectivity index (χ0) is 13.8. The SMILES string of the molecule is CCN(CC)CCc1noc(-c2cc(C)sc2N)n1. The van der Waals surface area contributed by atoms with Crippen molar-refractivity contribution in [3.8, 4) is 11.5 Å². The van der Waals surface area contributed by atoms with E-state index in [1.54, 1.807) is 11.3 Å². The van der Waals surface area contributed by atoms with Crippen LogP contribution in [0.2, 0.25) is 0 Å². The van der Waals surface area contributed by atoms with E-state index in [0.717, 1.165) is 47.3 Å². The first-order valence-electron chi connectivity index (χ1n) is 6.55. The molecule has 19 heavy (non-hydrogen) atoms. The van der Waals surface area contributed by atoms with Crippen LogP contribution in [0.15, 0.2) is 10.6 Å². The van der Waals surface area contributed by atoms with Crippen molar-refractivity contribution in [1.29, 1.82) is 0 Å². The van der Waals surface area contributed by atoms with Gasteiger partial charge in [0.15, 0.2) is 5.82 Å². The fourth-order valence-electron chi connectivity index (χ4n) is 1.96. The number of nitrogens with two attached hydrogens (primary N) is 1. The summed E-state index contributed by atoms with van der Waals surface area (Å²) < 4.78 is 5.29. The van der Waals surface area contributed by atoms with Gasteiger partial charge in [0.1, 0.15) is 0 Å². The monoisotopic (exact) mass is 280 g/mol. The van der Waals surface area contributed by atoms with Gasteiger partial charge in [-0.25, -0.2) is 0 Å². The zero-order valence-corrected chi connectivity index (χ0v) is 12.5. The molecule has 0 saturated heterocycles. The third kappa shape index (κ3) is 3.33. The van der Waals surface area contributed by atoms with Gasteiger partial charge in [-0.15, -0.1) is 11.3 Å². The first-order valence-corrected chi connectivity index (χ1v) is 7.36. The molecule has 0 aromatic carbocycles. The molecular formula is C13H20N4OS. The number of thiophene rings is 1. The molecule has 0 unspecified atom stereocenters. The second-order valence-corrected chi connectivity index (χ2v) is 5.72. The molecule has 2 N–H and O–H groups in total. The zero-order valence-electron chi connectivity index (χ0n) is 11.6. The summed E-state index contributed by atoms with van der Waals surface area (Å²) in [5.41, 5.74) is 6.78. The molecule has 104 valence electrons. The molecule has 0 saturated carbocycles. The Bertz CT molecular complexity index is 530. The number of anilines is 1. The molecule has 2 heterocycles. The second kappa shape index (κ2) is 6.16. The highest BCUT2D eigenvalue weighted by Gasteiger charge is 2.14. The Morgan fingerprint density at radius 1 is 1.37 bits per heavy atom. The summed E-state index contributed by atoms with van der Waals surface area (Å²) in [7, 11) is 0. The number of rotatable bonds is 6. The standard InChI is InChI=1S/C13H20N4OS/c1-4-17(5-2)7-6-11-15-13(18-16-11)10-8-9(3)19-12(10)14/h8H,4-7,14H2,1-3H3. The van der Waals surface area contributed by atoms with Crippen molar-refractivity contribution in [3.63, 3.8) is 0 Å². The maximum atomic E-state index is 5.93. The minimum atomic E-state index is 0.524. The van der Waals surface area contributed by atoms with Crippen LogP contribution in [0.3, 0.4) is 0 Å². The first kappa shape index (κ1) is 14.0. The van der Waals surface area contributed by atoms with Crippen molar-refractivity contribution >= 4 is 16.3 Å². The highest BCUT2D eigenvalue weighted by Crippen LogP contribution is 2.32. The topological polar surface area (TPSA) is 68.2 Å². The van der Waals surface area contributed by atoms with E-state index in [2.05, 4.69) is 28.9 Å². The first-order chi connectivity index (χ1) is 9.13. The predicted octanol–water partition coefficient (Wildman–Crippen LogP) is 2.57. The van der Waals surface area contributed by atoms with E-state index >= 15 is 0 Å². The van der Waals surface area contributed by atoms with Gasteiger partial charge < -0.3 is 15.2 Å². The van der Waals surface area contributed by atoms with Crippen molar-refractivity contribution in [2.24, 2.45) is 0 Å². The molecule has 0 spiro atoms. The van der Waals surface area contributed by atoms with Crippen molar-refractivity contribution < 1.29 is 4.52 Å². The van der Waals surface area contributed by atoms with Crippen LogP contribution >= 0.6 is 11.3 Å². The highest BCUT2D eigenvalue weighted by atomic mass is 32.1. The minimum Gasteiger partial charge on any atom is -0.390 e. The Morgan fingerprint density at radius 3 is 2.68 bits per heavy atom. The Morgan fingerprint density at radius 2 is 2.11 bits per heavy atom. The maximum Gasteiger partial charge on any atom is 0.260 e. The molecule has 0 fully saturated rings. The van der Waals surface area contributed by atoms with Crippen LogP contribution in [0.4, 0.5) is 5.00 Å². The molecule has 0 aliphatic heterocycles. The third-order valence-corrected chi connectivity index (χ3v) is 4.01. The van der Waals surface area contributed by atoms with Gasteiger partial charge in [0.25, 0.3) is 5.89 Å². The number of aryl methyl sites for hydroxylation is 1. The van der Waals surface area contributed by atoms with E-state index in [4.69, 9.17) is 10.3 Å². The Labute approximate surface area is 117 Å². The van der Waals surface area contributed by atoms with Gasteiger partial charge in [0.05, 0.1) is 10.6 Å². The number of aromatic nitrogens is 2. The molecule has 0 atom stereocenters. The van der Waals surface area contributed by atoms with Crippen LogP contribution in [0.1, 0.15) is 24.5 Å². The molecule has 0 bridgehead atoms. The fraction of sp³-hybridized carbons (Fsp3) is 0.538. The number of nitrogen functional groups attached to an aromatic ring is 1. The van der Waals surface area contributed by atoms with E-state index in [-0.39, 0.29) is 0 Å². The van der Waals surface area contributed by atoms with Gasteiger partial charge in [-0.3, -0.25) is 0 Å². The van der Waals surface area contributed by atoms with Crippen LogP contribution in [-0.2, 0) is 6.42 Å². The van der Waals surface area contributed by atoms with Crippen LogP contribution in [-0.4, -0.2) is 34.7 Å². The van der Waals surface area contributed by atoms with E-state index in [1.165, 1.54) is 0 Å². The predicted molar refractivity (Wildman–Crippen MR) is 78.3 cm³/mol. The normalized spacial score (nSPS) is 11.4. The van der Waals surface area contributed by atoms with Gasteiger partial charge in [-0.1, -0.05) is 19.0 Å². The van der Waals surface area contributed by atoms with E-state index in [0.29, 0.717) is 5.89 Å². The lowest BCUT2D eigenvalue weighted by Crippen LogP contribution is -2.25. The lowest BCUT2D eigenvalue weighted by Gasteiger charge is -2.16. The summed E-state index contributed by atoms with van der Waals surface area (Å²) in [6.45, 7) is 9.35. The molecule has 2 rings (SSSR count). The summed E-state index contributed by atoms with van der Waals surface area (Å²) in [6, 6.07) is 1.99. The third-order valence-electron chi connectivity index (χ3n) is 3.13. The Hall–Kier alpha value is -1.40. The molecule has 0 aliphatic carbocycles. The van der Waals surface area contributed by atoms with Gasteiger partial charge >= 0.3 is 0 Å². The molecule has 5 nitrogen and oxygen atoms in total. The van der Waals surface area contributed by atoms with E-state index in [9.17, 15) is 0 Å². The van der Waals surface area contributed by atoms with Crippen molar-refractivity contribution in [2.75, 3.05) is 25.4 Å². The number of nitrogens with zero attached hydrogens (tertiary/aromatic N) is 3. The van der Waals surface area contributed by atoms with Crippen LogP contribution in [0, 0.1) is 6.92 Å². The summed E-state index contributed by atoms with van der Waals surface area (Å²) >= 11 is 1.54. The van der Waals surface area contributed by atoms with Crippen LogP contribution < -0.4 is 5.73 Å². The van der Waals surface area contributed by atoms with Gasteiger partial charge in [0.2, 0.25) is 0 Å². The Kier molecular flexibility index (Phi) is 4.55. The van der Waals surface area contributed by atoms with Crippen LogP contribution in [0.5, 0.6) is 0 Å². The van der Waals surface area contributed by atoms with E-state index in [1.807, 2.05) is 13.0 Å². The Balaban J connectivity index is 2.05. The van der Waals surface area contributed by atoms with Crippen molar-refractivity contribution in [1.82, 2.24) is 15.0 Å². The fourth-order valence-corrected chi connectivity index (χ4v) is 2.74. The summed E-state index contributed by atoms with van der Waals surface area (Å²) in [6.07, 6.45) is 0.800. The van der Waals surface area contributed by atoms with Gasteiger partial charge in [-0.2, -0.15) is 4.98 Å². The smallest absolute Gasteiger partial charge is 0.260 e. The second-order valence-electron chi connectivity index (χ2n) is 4.43. The summed E-state index contributed by atoms with van der Waals surface area (Å²) in [5.74, 6) is 1.27. The lowest BCUT2D eigenvalue weighted by atomic mass is 10.3. The lowest BCUT2D eigenvalue weighted by molar-refractivity contribution is 0.303. The quantitative estimate of drug-likeness (QED) is 0.880. The molecule has 0 aliphatic rings. The number of likely N-dealkylation sites (N-methyl/N-ethyl adjacent to an activating group) is 1. The molecule has 0 amide bonds. The summed E-state index contributed by atoms with van der Waals surface area (Å²) in [4.78, 5) is 7.90. The average molecular weight is 280 g/mol. The maximum absolute atomic E-state index is 5.93. The van der Waals surface area contributed by atoms with Crippen LogP contribution in [0.25, 0.3) is 11.5 Å². The summed E-state index contributed by atoms with van der Waals surface area (Å²) in [5, 5.41) is 4.75. The number of hydrogen-bond donors (Lipinski definition) is 1. The molecule has 2 aromatic rings. The van der Waals surface area contributed by atoms with Crippen molar-refractivity contribution in [3.05, 3.63) is 16.8 Å². The van der Waals surface area contributed by atoms with Crippen molar-refractivity contribution in [2.45, 2.75) is 27.2 Å². The molecule has 2 aromatic heterocycles. The molecule has 0 radical (unpaired) electrons. The minimum absolute atomic E-state index is 0.524. The number of hydrogen-bond acceptors (Lipinski definition) is 6. The highest BCUT2D eigenvalue weighted by molar-refractivity contribution is 7.16. The largest absolute Gasteiger partial charge is 0.390 e. The molecule has 6 heteroatoms. The van der Waals surface area contributed by atoms with E-state index < -0.39 is 0 Å².